The molecule has 118 valence electrons. The second-order valence-corrected chi connectivity index (χ2v) is 6.78. The van der Waals surface area contributed by atoms with Crippen LogP contribution in [0.1, 0.15) is 52.4 Å². The van der Waals surface area contributed by atoms with Crippen LogP contribution in [-0.4, -0.2) is 22.4 Å². The highest BCUT2D eigenvalue weighted by molar-refractivity contribution is 7.14. The molecule has 0 spiro atoms. The molecule has 0 atom stereocenters. The SMILES string of the molecule is CCCCc1sc(C(=O)OCC)c2c1-c1c(cnn1C)CC2. The minimum absolute atomic E-state index is 0.169. The van der Waals surface area contributed by atoms with Gasteiger partial charge in [0.1, 0.15) is 4.88 Å². The van der Waals surface area contributed by atoms with Crippen LogP contribution in [0.25, 0.3) is 11.3 Å². The van der Waals surface area contributed by atoms with Crippen molar-refractivity contribution < 1.29 is 9.53 Å². The number of nitrogens with zero attached hydrogens (tertiary/aromatic N) is 2. The van der Waals surface area contributed by atoms with Crippen molar-refractivity contribution in [3.8, 4) is 11.3 Å². The van der Waals surface area contributed by atoms with Gasteiger partial charge in [0.15, 0.2) is 0 Å². The number of fused-ring (bicyclic) bond motifs is 3. The fourth-order valence-corrected chi connectivity index (χ4v) is 4.44. The Labute approximate surface area is 135 Å². The van der Waals surface area contributed by atoms with Crippen molar-refractivity contribution in [1.82, 2.24) is 9.78 Å². The Hall–Kier alpha value is -1.62. The zero-order valence-corrected chi connectivity index (χ0v) is 14.3. The maximum atomic E-state index is 12.3. The Morgan fingerprint density at radius 2 is 2.23 bits per heavy atom. The van der Waals surface area contributed by atoms with Gasteiger partial charge in [0.25, 0.3) is 0 Å². The van der Waals surface area contributed by atoms with Crippen LogP contribution < -0.4 is 0 Å². The zero-order chi connectivity index (χ0) is 15.7. The summed E-state index contributed by atoms with van der Waals surface area (Å²) in [6.07, 6.45) is 7.14. The Morgan fingerprint density at radius 3 is 2.95 bits per heavy atom. The number of hydrogen-bond donors (Lipinski definition) is 0. The summed E-state index contributed by atoms with van der Waals surface area (Å²) in [6.45, 7) is 4.48. The average Bonchev–Trinajstić information content (AvgIpc) is 3.06. The van der Waals surface area contributed by atoms with Gasteiger partial charge in [0.2, 0.25) is 0 Å². The van der Waals surface area contributed by atoms with Crippen molar-refractivity contribution in [2.45, 2.75) is 46.0 Å². The summed E-state index contributed by atoms with van der Waals surface area (Å²) in [4.78, 5) is 14.4. The minimum atomic E-state index is -0.169. The normalized spacial score (nSPS) is 12.9. The van der Waals surface area contributed by atoms with E-state index >= 15 is 0 Å². The molecule has 22 heavy (non-hydrogen) atoms. The van der Waals surface area contributed by atoms with E-state index in [2.05, 4.69) is 12.0 Å². The fraction of sp³-hybridized carbons (Fsp3) is 0.529. The smallest absolute Gasteiger partial charge is 0.348 e. The van der Waals surface area contributed by atoms with Crippen molar-refractivity contribution in [2.24, 2.45) is 7.05 Å². The standard InChI is InChI=1S/C17H22N2O2S/c1-4-6-7-13-14-12(16(22-13)17(20)21-5-2)9-8-11-10-18-19(3)15(11)14/h10H,4-9H2,1-3H3. The first kappa shape index (κ1) is 15.3. The number of hydrogen-bond acceptors (Lipinski definition) is 4. The lowest BCUT2D eigenvalue weighted by Crippen LogP contribution is -2.10. The van der Waals surface area contributed by atoms with Crippen molar-refractivity contribution in [1.29, 1.82) is 0 Å². The van der Waals surface area contributed by atoms with Crippen LogP contribution in [0.2, 0.25) is 0 Å². The minimum Gasteiger partial charge on any atom is -0.462 e. The zero-order valence-electron chi connectivity index (χ0n) is 13.4. The molecule has 0 unspecified atom stereocenters. The summed E-state index contributed by atoms with van der Waals surface area (Å²) in [5.74, 6) is -0.169. The second-order valence-electron chi connectivity index (χ2n) is 5.67. The van der Waals surface area contributed by atoms with Gasteiger partial charge in [-0.2, -0.15) is 5.10 Å². The second kappa shape index (κ2) is 6.24. The van der Waals surface area contributed by atoms with Gasteiger partial charge in [0, 0.05) is 17.5 Å². The van der Waals surface area contributed by atoms with Crippen molar-refractivity contribution >= 4 is 17.3 Å². The summed E-state index contributed by atoms with van der Waals surface area (Å²) >= 11 is 1.62. The Morgan fingerprint density at radius 1 is 1.41 bits per heavy atom. The molecule has 2 aromatic rings. The van der Waals surface area contributed by atoms with Crippen molar-refractivity contribution in [3.05, 3.63) is 27.1 Å². The molecule has 0 amide bonds. The summed E-state index contributed by atoms with van der Waals surface area (Å²) < 4.78 is 7.21. The molecule has 4 nitrogen and oxygen atoms in total. The van der Waals surface area contributed by atoms with Crippen LogP contribution >= 0.6 is 11.3 Å². The van der Waals surface area contributed by atoms with Gasteiger partial charge in [-0.3, -0.25) is 4.68 Å². The number of esters is 1. The number of ether oxygens (including phenoxy) is 1. The summed E-state index contributed by atoms with van der Waals surface area (Å²) in [7, 11) is 1.99. The first-order valence-corrected chi connectivity index (χ1v) is 8.81. The van der Waals surface area contributed by atoms with Gasteiger partial charge in [-0.05, 0) is 43.7 Å². The topological polar surface area (TPSA) is 44.1 Å². The summed E-state index contributed by atoms with van der Waals surface area (Å²) in [5, 5.41) is 4.41. The van der Waals surface area contributed by atoms with E-state index in [4.69, 9.17) is 4.74 Å². The highest BCUT2D eigenvalue weighted by atomic mass is 32.1. The molecule has 0 radical (unpaired) electrons. The third kappa shape index (κ3) is 2.47. The van der Waals surface area contributed by atoms with Crippen LogP contribution in [0.5, 0.6) is 0 Å². The molecule has 2 heterocycles. The van der Waals surface area contributed by atoms with Gasteiger partial charge < -0.3 is 4.74 Å². The van der Waals surface area contributed by atoms with E-state index in [0.29, 0.717) is 6.61 Å². The number of unbranched alkanes of at least 4 members (excludes halogenated alkanes) is 1. The van der Waals surface area contributed by atoms with E-state index in [0.717, 1.165) is 37.0 Å². The fourth-order valence-electron chi connectivity index (χ4n) is 3.15. The molecule has 3 rings (SSSR count). The Balaban J connectivity index is 2.13. The number of rotatable bonds is 5. The predicted octanol–water partition coefficient (Wildman–Crippen LogP) is 3.77. The number of carbonyl (C=O) groups excluding carboxylic acids is 1. The lowest BCUT2D eigenvalue weighted by molar-refractivity contribution is 0.0531. The van der Waals surface area contributed by atoms with Crippen molar-refractivity contribution in [2.75, 3.05) is 6.61 Å². The molecular weight excluding hydrogens is 296 g/mol. The molecule has 5 heteroatoms. The first-order chi connectivity index (χ1) is 10.7. The van der Waals surface area contributed by atoms with Gasteiger partial charge in [0.05, 0.1) is 18.5 Å². The van der Waals surface area contributed by atoms with Crippen LogP contribution in [0.15, 0.2) is 6.20 Å². The third-order valence-corrected chi connectivity index (χ3v) is 5.47. The van der Waals surface area contributed by atoms with Crippen molar-refractivity contribution in [3.63, 3.8) is 0 Å². The van der Waals surface area contributed by atoms with Crippen LogP contribution in [0, 0.1) is 0 Å². The number of thiophene rings is 1. The lowest BCUT2D eigenvalue weighted by atomic mass is 9.89. The van der Waals surface area contributed by atoms with Gasteiger partial charge in [-0.15, -0.1) is 11.3 Å². The first-order valence-electron chi connectivity index (χ1n) is 8.00. The molecule has 0 saturated heterocycles. The molecule has 1 aliphatic rings. The van der Waals surface area contributed by atoms with E-state index in [1.54, 1.807) is 11.3 Å². The maximum Gasteiger partial charge on any atom is 0.348 e. The summed E-state index contributed by atoms with van der Waals surface area (Å²) in [5.41, 5.74) is 4.91. The predicted molar refractivity (Wildman–Crippen MR) is 88.5 cm³/mol. The van der Waals surface area contributed by atoms with E-state index in [-0.39, 0.29) is 5.97 Å². The number of aromatic nitrogens is 2. The lowest BCUT2D eigenvalue weighted by Gasteiger charge is -2.16. The highest BCUT2D eigenvalue weighted by Gasteiger charge is 2.30. The molecule has 0 saturated carbocycles. The third-order valence-electron chi connectivity index (χ3n) is 4.19. The molecular formula is C17H22N2O2S. The molecule has 1 aliphatic carbocycles. The summed E-state index contributed by atoms with van der Waals surface area (Å²) in [6, 6.07) is 0. The average molecular weight is 318 g/mol. The quantitative estimate of drug-likeness (QED) is 0.788. The molecule has 0 aromatic carbocycles. The van der Waals surface area contributed by atoms with Crippen LogP contribution in [-0.2, 0) is 31.0 Å². The highest BCUT2D eigenvalue weighted by Crippen LogP contribution is 2.43. The molecule has 0 N–H and O–H groups in total. The molecule has 0 bridgehead atoms. The van der Waals surface area contributed by atoms with E-state index < -0.39 is 0 Å². The van der Waals surface area contributed by atoms with Gasteiger partial charge >= 0.3 is 5.97 Å². The Kier molecular flexibility index (Phi) is 4.34. The van der Waals surface area contributed by atoms with E-state index in [1.807, 2.05) is 24.9 Å². The monoisotopic (exact) mass is 318 g/mol. The van der Waals surface area contributed by atoms with E-state index in [1.165, 1.54) is 27.3 Å². The van der Waals surface area contributed by atoms with Crippen LogP contribution in [0.3, 0.4) is 0 Å². The van der Waals surface area contributed by atoms with Gasteiger partial charge in [-0.25, -0.2) is 4.79 Å². The molecule has 0 aliphatic heterocycles. The van der Waals surface area contributed by atoms with Crippen LogP contribution in [0.4, 0.5) is 0 Å². The Bertz CT molecular complexity index is 700. The maximum absolute atomic E-state index is 12.3. The van der Waals surface area contributed by atoms with E-state index in [9.17, 15) is 4.79 Å². The number of aryl methyl sites for hydroxylation is 3. The van der Waals surface area contributed by atoms with Gasteiger partial charge in [-0.1, -0.05) is 13.3 Å². The molecule has 2 aromatic heterocycles. The number of carbonyl (C=O) groups is 1. The molecule has 0 fully saturated rings. The largest absolute Gasteiger partial charge is 0.462 e.